The number of benzene rings is 2. The number of carbonyl (C=O) groups excluding carboxylic acids is 2. The second-order valence-corrected chi connectivity index (χ2v) is 8.26. The molecule has 2 heterocycles. The summed E-state index contributed by atoms with van der Waals surface area (Å²) in [6.45, 7) is 1.62. The highest BCUT2D eigenvalue weighted by Crippen LogP contribution is 2.21. The molecule has 33 heavy (non-hydrogen) atoms. The molecule has 4 rings (SSSR count). The molecule has 2 N–H and O–H groups in total. The molecule has 0 bridgehead atoms. The number of aromatic amines is 1. The Bertz CT molecular complexity index is 1340. The van der Waals surface area contributed by atoms with Crippen LogP contribution in [-0.4, -0.2) is 51.9 Å². The number of H-pyrrole nitrogens is 1. The smallest absolute Gasteiger partial charge is 0.342 e. The maximum Gasteiger partial charge on any atom is 0.342 e. The molecule has 168 valence electrons. The summed E-state index contributed by atoms with van der Waals surface area (Å²) in [6, 6.07) is 18.0. The van der Waals surface area contributed by atoms with Crippen LogP contribution in [0.4, 0.5) is 0 Å². The predicted octanol–water partition coefficient (Wildman–Crippen LogP) is 1.95. The number of nitrogens with one attached hydrogen (secondary N) is 2. The zero-order valence-electron chi connectivity index (χ0n) is 17.3. The Hall–Kier alpha value is -4.32. The normalized spacial score (nSPS) is 11.2. The van der Waals surface area contributed by atoms with Crippen LogP contribution in [0.3, 0.4) is 0 Å². The van der Waals surface area contributed by atoms with Crippen LogP contribution >= 0.6 is 0 Å². The van der Waals surface area contributed by atoms with Crippen LogP contribution in [0.1, 0.15) is 27.9 Å². The van der Waals surface area contributed by atoms with Crippen molar-refractivity contribution in [3.05, 3.63) is 78.2 Å². The van der Waals surface area contributed by atoms with Gasteiger partial charge in [0.25, 0.3) is 10.0 Å². The number of nitrogens with zero attached hydrogens (tertiary/aromatic N) is 4. The fourth-order valence-electron chi connectivity index (χ4n) is 2.98. The topological polar surface area (TPSA) is 149 Å². The molecule has 0 spiro atoms. The Kier molecular flexibility index (Phi) is 6.00. The van der Waals surface area contributed by atoms with E-state index in [1.165, 1.54) is 4.68 Å². The van der Waals surface area contributed by atoms with Crippen LogP contribution < -0.4 is 4.72 Å². The molecule has 0 saturated heterocycles. The van der Waals surface area contributed by atoms with Crippen LogP contribution in [0, 0.1) is 0 Å². The first-order chi connectivity index (χ1) is 15.9. The van der Waals surface area contributed by atoms with E-state index in [0.717, 1.165) is 6.20 Å². The van der Waals surface area contributed by atoms with Crippen LogP contribution in [0.5, 0.6) is 0 Å². The molecule has 12 heteroatoms. The van der Waals surface area contributed by atoms with Crippen molar-refractivity contribution in [2.75, 3.05) is 6.61 Å². The largest absolute Gasteiger partial charge is 0.462 e. The van der Waals surface area contributed by atoms with Crippen molar-refractivity contribution in [2.24, 2.45) is 0 Å². The molecule has 2 aromatic carbocycles. The van der Waals surface area contributed by atoms with E-state index in [0.29, 0.717) is 17.1 Å². The number of esters is 1. The number of hydrogen-bond acceptors (Lipinski definition) is 8. The highest BCUT2D eigenvalue weighted by atomic mass is 32.2. The van der Waals surface area contributed by atoms with E-state index in [4.69, 9.17) is 4.74 Å². The average molecular weight is 466 g/mol. The summed E-state index contributed by atoms with van der Waals surface area (Å²) >= 11 is 0. The highest BCUT2D eigenvalue weighted by molar-refractivity contribution is 7.90. The van der Waals surface area contributed by atoms with E-state index >= 15 is 0 Å². The minimum Gasteiger partial charge on any atom is -0.462 e. The number of hydrogen-bond donors (Lipinski definition) is 2. The fraction of sp³-hybridized carbons (Fsp3) is 0.0952. The number of para-hydroxylation sites is 1. The minimum atomic E-state index is -4.50. The van der Waals surface area contributed by atoms with Gasteiger partial charge in [0.1, 0.15) is 5.56 Å². The Morgan fingerprint density at radius 1 is 1.06 bits per heavy atom. The van der Waals surface area contributed by atoms with Gasteiger partial charge in [-0.25, -0.2) is 19.2 Å². The van der Waals surface area contributed by atoms with Gasteiger partial charge in [-0.3, -0.25) is 9.89 Å². The zero-order chi connectivity index (χ0) is 23.4. The Morgan fingerprint density at radius 2 is 1.73 bits per heavy atom. The van der Waals surface area contributed by atoms with Gasteiger partial charge in [-0.05, 0) is 19.1 Å². The van der Waals surface area contributed by atoms with Crippen molar-refractivity contribution in [3.8, 4) is 17.1 Å². The van der Waals surface area contributed by atoms with Crippen molar-refractivity contribution in [1.29, 1.82) is 0 Å². The number of rotatable bonds is 7. The molecule has 0 saturated carbocycles. The highest BCUT2D eigenvalue weighted by Gasteiger charge is 2.30. The van der Waals surface area contributed by atoms with Crippen molar-refractivity contribution < 1.29 is 22.7 Å². The summed E-state index contributed by atoms with van der Waals surface area (Å²) < 4.78 is 33.7. The number of carbonyl (C=O) groups is 2. The van der Waals surface area contributed by atoms with Gasteiger partial charge in [0.05, 0.1) is 18.5 Å². The van der Waals surface area contributed by atoms with Gasteiger partial charge in [0.2, 0.25) is 5.82 Å². The Labute approximate surface area is 188 Å². The predicted molar refractivity (Wildman–Crippen MR) is 116 cm³/mol. The van der Waals surface area contributed by atoms with E-state index in [2.05, 4.69) is 20.3 Å². The molecule has 4 aromatic rings. The molecule has 0 atom stereocenters. The molecule has 0 aliphatic carbocycles. The van der Waals surface area contributed by atoms with E-state index in [1.807, 2.05) is 16.9 Å². The number of sulfonamides is 1. The van der Waals surface area contributed by atoms with E-state index in [-0.39, 0.29) is 18.0 Å². The molecule has 0 radical (unpaired) electrons. The summed E-state index contributed by atoms with van der Waals surface area (Å²) in [5.74, 6) is -2.00. The third-order valence-electron chi connectivity index (χ3n) is 4.44. The van der Waals surface area contributed by atoms with Crippen molar-refractivity contribution in [2.45, 2.75) is 11.9 Å². The summed E-state index contributed by atoms with van der Waals surface area (Å²) in [5, 5.41) is 9.41. The monoisotopic (exact) mass is 466 g/mol. The van der Waals surface area contributed by atoms with Gasteiger partial charge in [-0.15, -0.1) is 5.10 Å². The zero-order valence-corrected chi connectivity index (χ0v) is 18.1. The first-order valence-electron chi connectivity index (χ1n) is 9.76. The Morgan fingerprint density at radius 3 is 2.39 bits per heavy atom. The summed E-state index contributed by atoms with van der Waals surface area (Å²) in [7, 11) is -4.50. The van der Waals surface area contributed by atoms with E-state index < -0.39 is 26.9 Å². The van der Waals surface area contributed by atoms with Crippen molar-refractivity contribution in [1.82, 2.24) is 29.7 Å². The third-order valence-corrected chi connectivity index (χ3v) is 5.74. The maximum absolute atomic E-state index is 12.8. The molecule has 1 amide bonds. The fourth-order valence-corrected chi connectivity index (χ4v) is 4.02. The summed E-state index contributed by atoms with van der Waals surface area (Å²) in [6.07, 6.45) is 1.01. The lowest BCUT2D eigenvalue weighted by molar-refractivity contribution is 0.0521. The van der Waals surface area contributed by atoms with Crippen LogP contribution in [0.2, 0.25) is 0 Å². The first-order valence-corrected chi connectivity index (χ1v) is 11.2. The lowest BCUT2D eigenvalue weighted by Crippen LogP contribution is -2.32. The minimum absolute atomic E-state index is 0.0406. The molecule has 0 fully saturated rings. The molecule has 0 aliphatic heterocycles. The van der Waals surface area contributed by atoms with Gasteiger partial charge in [-0.1, -0.05) is 48.5 Å². The van der Waals surface area contributed by atoms with Gasteiger partial charge in [0, 0.05) is 5.56 Å². The Balaban J connectivity index is 1.69. The second kappa shape index (κ2) is 9.04. The molecular formula is C21H18N6O5S. The third kappa shape index (κ3) is 4.50. The average Bonchev–Trinajstić information content (AvgIpc) is 3.49. The van der Waals surface area contributed by atoms with Gasteiger partial charge in [0.15, 0.2) is 10.9 Å². The second-order valence-electron chi connectivity index (χ2n) is 6.64. The van der Waals surface area contributed by atoms with E-state index in [9.17, 15) is 18.0 Å². The standard InChI is InChI=1S/C21H18N6O5S/c1-2-32-21(29)16-13-22-24-20(16)33(30,31)26-19(28)17-23-18(14-9-5-3-6-10-14)27(25-17)15-11-7-4-8-12-15/h3-13H,2H2,1H3,(H,22,24)(H,26,28). The molecule has 0 aliphatic rings. The van der Waals surface area contributed by atoms with Crippen LogP contribution in [0.15, 0.2) is 71.9 Å². The van der Waals surface area contributed by atoms with E-state index in [1.54, 1.807) is 55.5 Å². The van der Waals surface area contributed by atoms with Crippen LogP contribution in [-0.2, 0) is 14.8 Å². The van der Waals surface area contributed by atoms with Gasteiger partial charge < -0.3 is 4.74 Å². The molecule has 0 unspecified atom stereocenters. The lowest BCUT2D eigenvalue weighted by Gasteiger charge is -2.05. The number of aromatic nitrogens is 5. The molecule has 2 aromatic heterocycles. The maximum atomic E-state index is 12.8. The van der Waals surface area contributed by atoms with Crippen LogP contribution in [0.25, 0.3) is 17.1 Å². The van der Waals surface area contributed by atoms with Gasteiger partial charge in [-0.2, -0.15) is 13.5 Å². The lowest BCUT2D eigenvalue weighted by atomic mass is 10.2. The quantitative estimate of drug-likeness (QED) is 0.393. The first kappa shape index (κ1) is 21.9. The van der Waals surface area contributed by atoms with Crippen molar-refractivity contribution in [3.63, 3.8) is 0 Å². The molecule has 11 nitrogen and oxygen atoms in total. The summed E-state index contributed by atoms with van der Waals surface area (Å²) in [5.41, 5.74) is 0.975. The number of amides is 1. The van der Waals surface area contributed by atoms with Crippen molar-refractivity contribution >= 4 is 21.9 Å². The SMILES string of the molecule is CCOC(=O)c1cn[nH]c1S(=O)(=O)NC(=O)c1nc(-c2ccccc2)n(-c2ccccc2)n1. The molecular weight excluding hydrogens is 448 g/mol. The summed E-state index contributed by atoms with van der Waals surface area (Å²) in [4.78, 5) is 29.1. The van der Waals surface area contributed by atoms with Gasteiger partial charge >= 0.3 is 11.9 Å². The number of ether oxygens (including phenoxy) is 1.